The van der Waals surface area contributed by atoms with Crippen molar-refractivity contribution in [3.8, 4) is 0 Å². The van der Waals surface area contributed by atoms with Crippen LogP contribution in [0.15, 0.2) is 24.3 Å². The molecule has 4 nitrogen and oxygen atoms in total. The first-order valence-electron chi connectivity index (χ1n) is 7.34. The fourth-order valence-corrected chi connectivity index (χ4v) is 2.64. The summed E-state index contributed by atoms with van der Waals surface area (Å²) >= 11 is 0. The molecule has 110 valence electrons. The number of hydrogen-bond acceptors (Lipinski definition) is 3. The van der Waals surface area contributed by atoms with Crippen molar-refractivity contribution in [3.05, 3.63) is 35.4 Å². The predicted octanol–water partition coefficient (Wildman–Crippen LogP) is 1.36. The topological polar surface area (TPSA) is 44.4 Å². The average molecular weight is 275 g/mol. The van der Waals surface area contributed by atoms with Crippen molar-refractivity contribution in [3.63, 3.8) is 0 Å². The molecule has 0 spiro atoms. The number of rotatable bonds is 6. The summed E-state index contributed by atoms with van der Waals surface area (Å²) in [5.41, 5.74) is 2.49. The highest BCUT2D eigenvalue weighted by atomic mass is 16.1. The quantitative estimate of drug-likeness (QED) is 0.824. The second kappa shape index (κ2) is 7.41. The summed E-state index contributed by atoms with van der Waals surface area (Å²) in [6, 6.07) is 8.30. The Morgan fingerprint density at radius 1 is 1.35 bits per heavy atom. The van der Waals surface area contributed by atoms with Gasteiger partial charge in [-0.15, -0.1) is 0 Å². The van der Waals surface area contributed by atoms with E-state index in [4.69, 9.17) is 0 Å². The lowest BCUT2D eigenvalue weighted by Gasteiger charge is -2.15. The van der Waals surface area contributed by atoms with Crippen molar-refractivity contribution < 1.29 is 4.79 Å². The van der Waals surface area contributed by atoms with Crippen molar-refractivity contribution in [2.75, 3.05) is 27.2 Å². The van der Waals surface area contributed by atoms with Crippen molar-refractivity contribution in [2.45, 2.75) is 25.9 Å². The first-order valence-corrected chi connectivity index (χ1v) is 7.34. The van der Waals surface area contributed by atoms with E-state index >= 15 is 0 Å². The summed E-state index contributed by atoms with van der Waals surface area (Å²) in [4.78, 5) is 14.1. The van der Waals surface area contributed by atoms with Gasteiger partial charge in [0.15, 0.2) is 0 Å². The lowest BCUT2D eigenvalue weighted by Crippen LogP contribution is -2.26. The molecule has 1 aliphatic heterocycles. The molecule has 1 fully saturated rings. The smallest absolute Gasteiger partial charge is 0.220 e. The number of carbonyl (C=O) groups excluding carboxylic acids is 1. The maximum Gasteiger partial charge on any atom is 0.220 e. The summed E-state index contributed by atoms with van der Waals surface area (Å²) < 4.78 is 0. The molecule has 0 aromatic heterocycles. The number of hydrogen-bond donors (Lipinski definition) is 2. The highest BCUT2D eigenvalue weighted by Crippen LogP contribution is 2.13. The average Bonchev–Trinajstić information content (AvgIpc) is 2.90. The Bertz CT molecular complexity index is 439. The van der Waals surface area contributed by atoms with E-state index in [0.717, 1.165) is 26.1 Å². The van der Waals surface area contributed by atoms with Crippen LogP contribution in [-0.4, -0.2) is 38.0 Å². The van der Waals surface area contributed by atoms with Crippen molar-refractivity contribution in [1.29, 1.82) is 0 Å². The van der Waals surface area contributed by atoms with Gasteiger partial charge in [0.2, 0.25) is 5.91 Å². The number of amides is 1. The molecule has 2 rings (SSSR count). The highest BCUT2D eigenvalue weighted by molar-refractivity contribution is 5.76. The Labute approximate surface area is 121 Å². The standard InChI is InChI=1S/C16H25N3O/c1-19(2)12-15-6-4-3-5-14(15)11-18-16(20)9-13-7-8-17-10-13/h3-6,13,17H,7-12H2,1-2H3,(H,18,20). The summed E-state index contributed by atoms with van der Waals surface area (Å²) in [5, 5.41) is 6.35. The first-order chi connectivity index (χ1) is 9.65. The van der Waals surface area contributed by atoms with Crippen LogP contribution in [-0.2, 0) is 17.9 Å². The third kappa shape index (κ3) is 4.62. The van der Waals surface area contributed by atoms with Crippen LogP contribution < -0.4 is 10.6 Å². The first kappa shape index (κ1) is 15.0. The van der Waals surface area contributed by atoms with Crippen molar-refractivity contribution in [2.24, 2.45) is 5.92 Å². The van der Waals surface area contributed by atoms with Gasteiger partial charge in [-0.25, -0.2) is 0 Å². The fourth-order valence-electron chi connectivity index (χ4n) is 2.64. The Morgan fingerprint density at radius 2 is 2.10 bits per heavy atom. The SMILES string of the molecule is CN(C)Cc1ccccc1CNC(=O)CC1CCNC1. The maximum atomic E-state index is 12.0. The zero-order valence-corrected chi connectivity index (χ0v) is 12.5. The van der Waals surface area contributed by atoms with Crippen LogP contribution in [0.1, 0.15) is 24.0 Å². The van der Waals surface area contributed by atoms with Gasteiger partial charge in [0, 0.05) is 19.5 Å². The Hall–Kier alpha value is -1.39. The van der Waals surface area contributed by atoms with Crippen LogP contribution in [0.4, 0.5) is 0 Å². The van der Waals surface area contributed by atoms with Gasteiger partial charge in [0.1, 0.15) is 0 Å². The second-order valence-corrected chi connectivity index (χ2v) is 5.85. The Kier molecular flexibility index (Phi) is 5.56. The van der Waals surface area contributed by atoms with E-state index in [1.807, 2.05) is 12.1 Å². The van der Waals surface area contributed by atoms with E-state index in [2.05, 4.69) is 41.8 Å². The van der Waals surface area contributed by atoms with Crippen LogP contribution in [0.2, 0.25) is 0 Å². The number of nitrogens with one attached hydrogen (secondary N) is 2. The highest BCUT2D eigenvalue weighted by Gasteiger charge is 2.17. The van der Waals surface area contributed by atoms with Crippen LogP contribution in [0.3, 0.4) is 0 Å². The second-order valence-electron chi connectivity index (χ2n) is 5.85. The van der Waals surface area contributed by atoms with Crippen molar-refractivity contribution in [1.82, 2.24) is 15.5 Å². The molecule has 0 saturated carbocycles. The molecule has 1 unspecified atom stereocenters. The normalized spacial score (nSPS) is 18.4. The van der Waals surface area contributed by atoms with Gasteiger partial charge in [0.25, 0.3) is 0 Å². The van der Waals surface area contributed by atoms with Gasteiger partial charge in [0.05, 0.1) is 0 Å². The summed E-state index contributed by atoms with van der Waals surface area (Å²) in [6.45, 7) is 3.55. The minimum Gasteiger partial charge on any atom is -0.352 e. The summed E-state index contributed by atoms with van der Waals surface area (Å²) in [7, 11) is 4.12. The Morgan fingerprint density at radius 3 is 2.75 bits per heavy atom. The van der Waals surface area contributed by atoms with Crippen LogP contribution in [0, 0.1) is 5.92 Å². The molecule has 1 saturated heterocycles. The third-order valence-electron chi connectivity index (χ3n) is 3.72. The van der Waals surface area contributed by atoms with Crippen LogP contribution in [0.5, 0.6) is 0 Å². The van der Waals surface area contributed by atoms with Gasteiger partial charge < -0.3 is 15.5 Å². The van der Waals surface area contributed by atoms with Gasteiger partial charge in [-0.1, -0.05) is 24.3 Å². The number of nitrogens with zero attached hydrogens (tertiary/aromatic N) is 1. The van der Waals surface area contributed by atoms with Crippen LogP contribution >= 0.6 is 0 Å². The predicted molar refractivity (Wildman–Crippen MR) is 81.3 cm³/mol. The summed E-state index contributed by atoms with van der Waals surface area (Å²) in [6.07, 6.45) is 1.76. The van der Waals surface area contributed by atoms with Gasteiger partial charge in [-0.2, -0.15) is 0 Å². The molecule has 0 radical (unpaired) electrons. The maximum absolute atomic E-state index is 12.0. The summed E-state index contributed by atoms with van der Waals surface area (Å²) in [5.74, 6) is 0.672. The zero-order chi connectivity index (χ0) is 14.4. The molecule has 2 N–H and O–H groups in total. The molecular formula is C16H25N3O. The molecule has 1 heterocycles. The van der Waals surface area contributed by atoms with Crippen molar-refractivity contribution >= 4 is 5.91 Å². The zero-order valence-electron chi connectivity index (χ0n) is 12.5. The molecule has 0 aliphatic carbocycles. The van der Waals surface area contributed by atoms with E-state index in [-0.39, 0.29) is 5.91 Å². The van der Waals surface area contributed by atoms with E-state index in [9.17, 15) is 4.79 Å². The van der Waals surface area contributed by atoms with E-state index < -0.39 is 0 Å². The monoisotopic (exact) mass is 275 g/mol. The minimum absolute atomic E-state index is 0.165. The minimum atomic E-state index is 0.165. The van der Waals surface area contributed by atoms with Gasteiger partial charge in [-0.05, 0) is 50.7 Å². The fraction of sp³-hybridized carbons (Fsp3) is 0.562. The lowest BCUT2D eigenvalue weighted by molar-refractivity contribution is -0.122. The molecule has 1 amide bonds. The lowest BCUT2D eigenvalue weighted by atomic mass is 10.0. The van der Waals surface area contributed by atoms with E-state index in [1.54, 1.807) is 0 Å². The molecule has 20 heavy (non-hydrogen) atoms. The van der Waals surface area contributed by atoms with Gasteiger partial charge >= 0.3 is 0 Å². The molecular weight excluding hydrogens is 250 g/mol. The van der Waals surface area contributed by atoms with E-state index in [0.29, 0.717) is 18.9 Å². The molecule has 4 heteroatoms. The number of benzene rings is 1. The largest absolute Gasteiger partial charge is 0.352 e. The molecule has 0 bridgehead atoms. The van der Waals surface area contributed by atoms with Crippen LogP contribution in [0.25, 0.3) is 0 Å². The molecule has 1 atom stereocenters. The van der Waals surface area contributed by atoms with E-state index in [1.165, 1.54) is 11.1 Å². The third-order valence-corrected chi connectivity index (χ3v) is 3.72. The Balaban J connectivity index is 1.84. The molecule has 1 aromatic carbocycles. The molecule has 1 aliphatic rings. The van der Waals surface area contributed by atoms with Gasteiger partial charge in [-0.3, -0.25) is 4.79 Å². The molecule has 1 aromatic rings. The number of carbonyl (C=O) groups is 1.